The van der Waals surface area contributed by atoms with Crippen LogP contribution < -0.4 is 10.6 Å². The van der Waals surface area contributed by atoms with Crippen LogP contribution in [0.1, 0.15) is 28.4 Å². The van der Waals surface area contributed by atoms with Crippen molar-refractivity contribution >= 4 is 28.8 Å². The lowest BCUT2D eigenvalue weighted by Crippen LogP contribution is -2.00. The van der Waals surface area contributed by atoms with Gasteiger partial charge >= 0.3 is 0 Å². The Labute approximate surface area is 147 Å². The summed E-state index contributed by atoms with van der Waals surface area (Å²) in [5, 5.41) is 6.53. The molecule has 126 valence electrons. The number of benzene rings is 2. The van der Waals surface area contributed by atoms with Crippen molar-refractivity contribution in [2.45, 2.75) is 20.8 Å². The van der Waals surface area contributed by atoms with E-state index < -0.39 is 0 Å². The van der Waals surface area contributed by atoms with Crippen LogP contribution in [-0.4, -0.2) is 15.8 Å². The van der Waals surface area contributed by atoms with Crippen LogP contribution in [-0.2, 0) is 0 Å². The van der Waals surface area contributed by atoms with E-state index in [1.165, 1.54) is 11.9 Å². The second-order valence-corrected chi connectivity index (χ2v) is 5.99. The minimum atomic E-state index is 0.0311. The summed E-state index contributed by atoms with van der Waals surface area (Å²) in [6.07, 6.45) is 1.50. The van der Waals surface area contributed by atoms with Crippen molar-refractivity contribution in [3.63, 3.8) is 0 Å². The smallest absolute Gasteiger partial charge is 0.159 e. The largest absolute Gasteiger partial charge is 0.340 e. The molecule has 0 aliphatic rings. The van der Waals surface area contributed by atoms with Gasteiger partial charge in [0.15, 0.2) is 5.78 Å². The van der Waals surface area contributed by atoms with E-state index in [-0.39, 0.29) is 5.78 Å². The molecule has 0 saturated carbocycles. The molecular weight excluding hydrogens is 312 g/mol. The third-order valence-electron chi connectivity index (χ3n) is 3.86. The Morgan fingerprint density at radius 2 is 1.68 bits per heavy atom. The summed E-state index contributed by atoms with van der Waals surface area (Å²) in [7, 11) is 0. The van der Waals surface area contributed by atoms with Crippen molar-refractivity contribution in [1.82, 2.24) is 9.97 Å². The molecule has 5 nitrogen and oxygen atoms in total. The number of nitrogens with one attached hydrogen (secondary N) is 2. The highest BCUT2D eigenvalue weighted by Gasteiger charge is 2.05. The predicted octanol–water partition coefficient (Wildman–Crippen LogP) is 4.78. The first-order valence-electron chi connectivity index (χ1n) is 8.05. The van der Waals surface area contributed by atoms with Crippen molar-refractivity contribution in [3.8, 4) is 0 Å². The zero-order valence-corrected chi connectivity index (χ0v) is 14.5. The van der Waals surface area contributed by atoms with Crippen LogP contribution in [0.4, 0.5) is 23.0 Å². The van der Waals surface area contributed by atoms with E-state index in [0.717, 1.165) is 16.9 Å². The number of rotatable bonds is 5. The highest BCUT2D eigenvalue weighted by atomic mass is 16.1. The van der Waals surface area contributed by atoms with Gasteiger partial charge in [-0.2, -0.15) is 0 Å². The SMILES string of the molecule is CC(=O)c1cccc(Nc2cc(Nc3cc(C)ccc3C)ncn2)c1. The van der Waals surface area contributed by atoms with E-state index in [1.807, 2.05) is 24.3 Å². The zero-order chi connectivity index (χ0) is 17.8. The molecule has 0 unspecified atom stereocenters. The third-order valence-corrected chi connectivity index (χ3v) is 3.86. The molecule has 0 bridgehead atoms. The first kappa shape index (κ1) is 16.6. The van der Waals surface area contributed by atoms with Crippen molar-refractivity contribution in [3.05, 3.63) is 71.5 Å². The van der Waals surface area contributed by atoms with Crippen LogP contribution in [0.2, 0.25) is 0 Å². The molecule has 0 atom stereocenters. The fraction of sp³-hybridized carbons (Fsp3) is 0.150. The first-order chi connectivity index (χ1) is 12.0. The van der Waals surface area contributed by atoms with Crippen molar-refractivity contribution in [2.24, 2.45) is 0 Å². The summed E-state index contributed by atoms with van der Waals surface area (Å²) >= 11 is 0. The number of hydrogen-bond acceptors (Lipinski definition) is 5. The van der Waals surface area contributed by atoms with Crippen molar-refractivity contribution in [1.29, 1.82) is 0 Å². The number of nitrogens with zero attached hydrogens (tertiary/aromatic N) is 2. The molecule has 0 aliphatic heterocycles. The maximum Gasteiger partial charge on any atom is 0.159 e. The molecule has 0 aliphatic carbocycles. The summed E-state index contributed by atoms with van der Waals surface area (Å²) < 4.78 is 0. The number of ketones is 1. The van der Waals surface area contributed by atoms with E-state index >= 15 is 0 Å². The van der Waals surface area contributed by atoms with Crippen LogP contribution in [0.25, 0.3) is 0 Å². The van der Waals surface area contributed by atoms with Crippen LogP contribution in [0, 0.1) is 13.8 Å². The molecule has 1 heterocycles. The average molecular weight is 332 g/mol. The molecule has 25 heavy (non-hydrogen) atoms. The van der Waals surface area contributed by atoms with Gasteiger partial charge in [0.05, 0.1) is 0 Å². The molecule has 0 fully saturated rings. The van der Waals surface area contributed by atoms with Crippen LogP contribution in [0.5, 0.6) is 0 Å². The first-order valence-corrected chi connectivity index (χ1v) is 8.05. The highest BCUT2D eigenvalue weighted by Crippen LogP contribution is 2.23. The van der Waals surface area contributed by atoms with Crippen LogP contribution in [0.15, 0.2) is 54.9 Å². The molecule has 2 aromatic carbocycles. The van der Waals surface area contributed by atoms with Crippen LogP contribution >= 0.6 is 0 Å². The van der Waals surface area contributed by atoms with Gasteiger partial charge in [0.2, 0.25) is 0 Å². The van der Waals surface area contributed by atoms with E-state index in [4.69, 9.17) is 0 Å². The number of Topliss-reactive ketones (excluding diaryl/α,β-unsaturated/α-hetero) is 1. The summed E-state index contributed by atoms with van der Waals surface area (Å²) in [6.45, 7) is 5.66. The molecule has 2 N–H and O–H groups in total. The molecule has 0 spiro atoms. The molecule has 0 amide bonds. The second kappa shape index (κ2) is 7.13. The molecule has 1 aromatic heterocycles. The van der Waals surface area contributed by atoms with Gasteiger partial charge in [0.1, 0.15) is 18.0 Å². The third kappa shape index (κ3) is 4.20. The van der Waals surface area contributed by atoms with Gasteiger partial charge < -0.3 is 10.6 Å². The Kier molecular flexibility index (Phi) is 4.75. The lowest BCUT2D eigenvalue weighted by Gasteiger charge is -2.11. The minimum Gasteiger partial charge on any atom is -0.340 e. The van der Waals surface area contributed by atoms with E-state index in [9.17, 15) is 4.79 Å². The van der Waals surface area contributed by atoms with E-state index in [2.05, 4.69) is 52.6 Å². The molecule has 3 aromatic rings. The Morgan fingerprint density at radius 1 is 0.920 bits per heavy atom. The normalized spacial score (nSPS) is 10.4. The lowest BCUT2D eigenvalue weighted by atomic mass is 10.1. The maximum atomic E-state index is 11.5. The Bertz CT molecular complexity index is 921. The Morgan fingerprint density at radius 3 is 2.44 bits per heavy atom. The number of anilines is 4. The van der Waals surface area contributed by atoms with Gasteiger partial charge in [-0.05, 0) is 50.1 Å². The fourth-order valence-electron chi connectivity index (χ4n) is 2.47. The Hall–Kier alpha value is -3.21. The van der Waals surface area contributed by atoms with Gasteiger partial charge in [-0.1, -0.05) is 24.3 Å². The van der Waals surface area contributed by atoms with Gasteiger partial charge in [-0.25, -0.2) is 9.97 Å². The number of aryl methyl sites for hydroxylation is 2. The molecular formula is C20H20N4O. The number of aromatic nitrogens is 2. The second-order valence-electron chi connectivity index (χ2n) is 5.99. The number of hydrogen-bond donors (Lipinski definition) is 2. The average Bonchev–Trinajstić information content (AvgIpc) is 2.59. The highest BCUT2D eigenvalue weighted by molar-refractivity contribution is 5.95. The Balaban J connectivity index is 1.81. The van der Waals surface area contributed by atoms with Crippen molar-refractivity contribution < 1.29 is 4.79 Å². The minimum absolute atomic E-state index is 0.0311. The predicted molar refractivity (Wildman–Crippen MR) is 101 cm³/mol. The van der Waals surface area contributed by atoms with Gasteiger partial charge in [0.25, 0.3) is 0 Å². The number of carbonyl (C=O) groups excluding carboxylic acids is 1. The molecule has 5 heteroatoms. The van der Waals surface area contributed by atoms with E-state index in [0.29, 0.717) is 17.2 Å². The standard InChI is InChI=1S/C20H20N4O/c1-13-7-8-14(2)18(9-13)24-20-11-19(21-12-22-20)23-17-6-4-5-16(10-17)15(3)25/h4-12H,1-3H3,(H2,21,22,23,24). The zero-order valence-electron chi connectivity index (χ0n) is 14.5. The monoisotopic (exact) mass is 332 g/mol. The van der Waals surface area contributed by atoms with Crippen LogP contribution in [0.3, 0.4) is 0 Å². The lowest BCUT2D eigenvalue weighted by molar-refractivity contribution is 0.101. The van der Waals surface area contributed by atoms with Gasteiger partial charge in [-0.15, -0.1) is 0 Å². The summed E-state index contributed by atoms with van der Waals surface area (Å²) in [5.74, 6) is 1.39. The molecule has 3 rings (SSSR count). The van der Waals surface area contributed by atoms with Gasteiger partial charge in [0, 0.05) is 23.0 Å². The van der Waals surface area contributed by atoms with Gasteiger partial charge in [-0.3, -0.25) is 4.79 Å². The number of carbonyl (C=O) groups is 1. The van der Waals surface area contributed by atoms with E-state index in [1.54, 1.807) is 13.0 Å². The summed E-state index contributed by atoms with van der Waals surface area (Å²) in [6, 6.07) is 15.4. The summed E-state index contributed by atoms with van der Waals surface area (Å²) in [4.78, 5) is 20.0. The molecule has 0 saturated heterocycles. The molecule has 0 radical (unpaired) electrons. The van der Waals surface area contributed by atoms with Crippen molar-refractivity contribution in [2.75, 3.05) is 10.6 Å². The summed E-state index contributed by atoms with van der Waals surface area (Å²) in [5.41, 5.74) is 4.81. The fourth-order valence-corrected chi connectivity index (χ4v) is 2.47. The quantitative estimate of drug-likeness (QED) is 0.658. The maximum absolute atomic E-state index is 11.5. The topological polar surface area (TPSA) is 66.9 Å².